The zero-order chi connectivity index (χ0) is 26.7. The molecule has 36 heavy (non-hydrogen) atoms. The number of carbonyl (C=O) groups is 4. The van der Waals surface area contributed by atoms with Gasteiger partial charge in [0, 0.05) is 18.4 Å². The standard InChI is InChI=1S/C28H35NO7/c1-6-28(4,5)36-23-15-11-21(12-16-23)26(32)29-24(27(33)34-7-2)18-20-9-13-22(14-10-20)35-25(31)17-8-19(3)30/h9-16,24H,6-8,17-18H2,1-5H3,(H,29,32). The second-order valence-electron chi connectivity index (χ2n) is 9.04. The Morgan fingerprint density at radius 3 is 2.06 bits per heavy atom. The minimum atomic E-state index is -0.906. The molecule has 1 unspecified atom stereocenters. The highest BCUT2D eigenvalue weighted by molar-refractivity contribution is 5.97. The molecule has 0 aliphatic rings. The van der Waals surface area contributed by atoms with Gasteiger partial charge in [-0.25, -0.2) is 4.79 Å². The summed E-state index contributed by atoms with van der Waals surface area (Å²) >= 11 is 0. The Kier molecular flexibility index (Phi) is 10.6. The quantitative estimate of drug-likeness (QED) is 0.322. The van der Waals surface area contributed by atoms with Crippen LogP contribution >= 0.6 is 0 Å². The molecule has 8 nitrogen and oxygen atoms in total. The van der Waals surface area contributed by atoms with E-state index in [4.69, 9.17) is 14.2 Å². The third kappa shape index (κ3) is 9.52. The van der Waals surface area contributed by atoms with Crippen molar-refractivity contribution in [2.24, 2.45) is 0 Å². The molecule has 0 saturated carbocycles. The summed E-state index contributed by atoms with van der Waals surface area (Å²) in [5, 5.41) is 2.75. The molecule has 1 N–H and O–H groups in total. The Labute approximate surface area is 212 Å². The summed E-state index contributed by atoms with van der Waals surface area (Å²) in [6.45, 7) is 9.31. The lowest BCUT2D eigenvalue weighted by Gasteiger charge is -2.25. The van der Waals surface area contributed by atoms with Gasteiger partial charge < -0.3 is 24.3 Å². The van der Waals surface area contributed by atoms with Gasteiger partial charge in [-0.2, -0.15) is 0 Å². The number of ketones is 1. The number of Topliss-reactive ketones (excluding diaryl/α,β-unsaturated/α-hetero) is 1. The van der Waals surface area contributed by atoms with E-state index in [2.05, 4.69) is 5.32 Å². The number of amides is 1. The number of esters is 2. The smallest absolute Gasteiger partial charge is 0.328 e. The molecular weight excluding hydrogens is 462 g/mol. The third-order valence-electron chi connectivity index (χ3n) is 5.51. The van der Waals surface area contributed by atoms with Crippen molar-refractivity contribution in [2.75, 3.05) is 6.61 Å². The van der Waals surface area contributed by atoms with Crippen LogP contribution in [0, 0.1) is 0 Å². The first-order chi connectivity index (χ1) is 17.0. The van der Waals surface area contributed by atoms with Crippen molar-refractivity contribution in [3.8, 4) is 11.5 Å². The maximum atomic E-state index is 12.9. The summed E-state index contributed by atoms with van der Waals surface area (Å²) in [5.41, 5.74) is 0.808. The molecule has 0 heterocycles. The average Bonchev–Trinajstić information content (AvgIpc) is 2.84. The van der Waals surface area contributed by atoms with Gasteiger partial charge in [0.25, 0.3) is 5.91 Å². The van der Waals surface area contributed by atoms with Crippen LogP contribution in [0.15, 0.2) is 48.5 Å². The van der Waals surface area contributed by atoms with Gasteiger partial charge in [0.15, 0.2) is 0 Å². The number of nitrogens with one attached hydrogen (secondary N) is 1. The molecule has 0 aliphatic carbocycles. The van der Waals surface area contributed by atoms with E-state index in [1.165, 1.54) is 6.92 Å². The fourth-order valence-corrected chi connectivity index (χ4v) is 3.13. The third-order valence-corrected chi connectivity index (χ3v) is 5.51. The maximum Gasteiger partial charge on any atom is 0.328 e. The van der Waals surface area contributed by atoms with Gasteiger partial charge in [0.2, 0.25) is 0 Å². The highest BCUT2D eigenvalue weighted by Crippen LogP contribution is 2.21. The lowest BCUT2D eigenvalue weighted by Crippen LogP contribution is -2.43. The molecule has 0 fully saturated rings. The topological polar surface area (TPSA) is 108 Å². The number of ether oxygens (including phenoxy) is 3. The second-order valence-corrected chi connectivity index (χ2v) is 9.04. The normalized spacial score (nSPS) is 11.8. The van der Waals surface area contributed by atoms with Crippen molar-refractivity contribution in [3.63, 3.8) is 0 Å². The molecule has 1 amide bonds. The lowest BCUT2D eigenvalue weighted by molar-refractivity contribution is -0.145. The summed E-state index contributed by atoms with van der Waals surface area (Å²) in [6, 6.07) is 12.4. The van der Waals surface area contributed by atoms with Crippen LogP contribution in [-0.2, 0) is 25.5 Å². The van der Waals surface area contributed by atoms with Crippen LogP contribution in [0.1, 0.15) is 69.8 Å². The Bertz CT molecular complexity index is 1040. The van der Waals surface area contributed by atoms with Crippen LogP contribution in [0.5, 0.6) is 11.5 Å². The fraction of sp³-hybridized carbons (Fsp3) is 0.429. The largest absolute Gasteiger partial charge is 0.488 e. The summed E-state index contributed by atoms with van der Waals surface area (Å²) < 4.78 is 16.3. The number of carbonyl (C=O) groups excluding carboxylic acids is 4. The van der Waals surface area contributed by atoms with E-state index in [0.717, 1.165) is 12.0 Å². The Hall–Kier alpha value is -3.68. The van der Waals surface area contributed by atoms with E-state index in [0.29, 0.717) is 17.1 Å². The van der Waals surface area contributed by atoms with Gasteiger partial charge in [-0.05, 0) is 76.1 Å². The number of hydrogen-bond acceptors (Lipinski definition) is 7. The zero-order valence-corrected chi connectivity index (χ0v) is 21.6. The predicted octanol–water partition coefficient (Wildman–Crippen LogP) is 4.43. The molecule has 0 bridgehead atoms. The zero-order valence-electron chi connectivity index (χ0n) is 21.6. The minimum Gasteiger partial charge on any atom is -0.488 e. The van der Waals surface area contributed by atoms with Crippen molar-refractivity contribution in [2.45, 2.75) is 71.9 Å². The van der Waals surface area contributed by atoms with Crippen LogP contribution in [0.25, 0.3) is 0 Å². The van der Waals surface area contributed by atoms with Crippen LogP contribution in [-0.4, -0.2) is 41.9 Å². The molecule has 2 aromatic carbocycles. The summed E-state index contributed by atoms with van der Waals surface area (Å²) in [4.78, 5) is 48.2. The van der Waals surface area contributed by atoms with Crippen molar-refractivity contribution in [3.05, 3.63) is 59.7 Å². The minimum absolute atomic E-state index is 0.0114. The van der Waals surface area contributed by atoms with E-state index < -0.39 is 23.9 Å². The van der Waals surface area contributed by atoms with Crippen LogP contribution < -0.4 is 14.8 Å². The molecular formula is C28H35NO7. The maximum absolute atomic E-state index is 12.9. The Morgan fingerprint density at radius 2 is 1.50 bits per heavy atom. The summed E-state index contributed by atoms with van der Waals surface area (Å²) in [7, 11) is 0. The first-order valence-corrected chi connectivity index (χ1v) is 12.1. The lowest BCUT2D eigenvalue weighted by atomic mass is 10.0. The molecule has 194 valence electrons. The molecule has 0 spiro atoms. The van der Waals surface area contributed by atoms with Gasteiger partial charge in [-0.15, -0.1) is 0 Å². The first kappa shape index (κ1) is 28.6. The van der Waals surface area contributed by atoms with Gasteiger partial charge in [-0.1, -0.05) is 19.1 Å². The molecule has 0 saturated heterocycles. The molecule has 2 aromatic rings. The van der Waals surface area contributed by atoms with E-state index in [9.17, 15) is 19.2 Å². The monoisotopic (exact) mass is 497 g/mol. The van der Waals surface area contributed by atoms with E-state index in [-0.39, 0.29) is 37.3 Å². The van der Waals surface area contributed by atoms with Gasteiger partial charge in [0.05, 0.1) is 13.0 Å². The van der Waals surface area contributed by atoms with Gasteiger partial charge in [-0.3, -0.25) is 9.59 Å². The molecule has 2 rings (SSSR count). The van der Waals surface area contributed by atoms with E-state index in [1.807, 2.05) is 20.8 Å². The molecule has 0 aromatic heterocycles. The molecule has 1 atom stereocenters. The summed E-state index contributed by atoms with van der Waals surface area (Å²) in [5.74, 6) is -0.552. The highest BCUT2D eigenvalue weighted by atomic mass is 16.5. The summed E-state index contributed by atoms with van der Waals surface area (Å²) in [6.07, 6.45) is 1.16. The van der Waals surface area contributed by atoms with Crippen LogP contribution in [0.3, 0.4) is 0 Å². The van der Waals surface area contributed by atoms with Gasteiger partial charge in [0.1, 0.15) is 28.9 Å². The van der Waals surface area contributed by atoms with Gasteiger partial charge >= 0.3 is 11.9 Å². The molecule has 0 aliphatic heterocycles. The van der Waals surface area contributed by atoms with Crippen molar-refractivity contribution < 1.29 is 33.4 Å². The van der Waals surface area contributed by atoms with E-state index >= 15 is 0 Å². The fourth-order valence-electron chi connectivity index (χ4n) is 3.13. The Balaban J connectivity index is 2.05. The average molecular weight is 498 g/mol. The highest BCUT2D eigenvalue weighted by Gasteiger charge is 2.24. The number of hydrogen-bond donors (Lipinski definition) is 1. The van der Waals surface area contributed by atoms with Crippen molar-refractivity contribution in [1.82, 2.24) is 5.32 Å². The molecule has 8 heteroatoms. The predicted molar refractivity (Wildman–Crippen MR) is 135 cm³/mol. The van der Waals surface area contributed by atoms with Crippen LogP contribution in [0.4, 0.5) is 0 Å². The first-order valence-electron chi connectivity index (χ1n) is 12.1. The van der Waals surface area contributed by atoms with Crippen molar-refractivity contribution >= 4 is 23.6 Å². The number of rotatable bonds is 13. The Morgan fingerprint density at radius 1 is 0.889 bits per heavy atom. The molecule has 0 radical (unpaired) electrons. The number of benzene rings is 2. The van der Waals surface area contributed by atoms with Crippen LogP contribution in [0.2, 0.25) is 0 Å². The second kappa shape index (κ2) is 13.4. The van der Waals surface area contributed by atoms with E-state index in [1.54, 1.807) is 55.5 Å². The SMILES string of the molecule is CCOC(=O)C(Cc1ccc(OC(=O)CCC(C)=O)cc1)NC(=O)c1ccc(OC(C)(C)CC)cc1. The van der Waals surface area contributed by atoms with Crippen molar-refractivity contribution in [1.29, 1.82) is 0 Å².